The largest absolute Gasteiger partial charge is 0.463 e. The number of methoxy groups -OCH3 is 1. The van der Waals surface area contributed by atoms with Crippen molar-refractivity contribution in [2.75, 3.05) is 7.11 Å². The summed E-state index contributed by atoms with van der Waals surface area (Å²) >= 11 is 5.72. The Balaban J connectivity index is 2.41. The highest BCUT2D eigenvalue weighted by molar-refractivity contribution is 6.35. The molecule has 1 aromatic rings. The van der Waals surface area contributed by atoms with Crippen molar-refractivity contribution in [3.05, 3.63) is 34.9 Å². The fourth-order valence-electron chi connectivity index (χ4n) is 1.86. The quantitative estimate of drug-likeness (QED) is 0.818. The zero-order valence-electron chi connectivity index (χ0n) is 10.7. The molecule has 1 aliphatic heterocycles. The van der Waals surface area contributed by atoms with Crippen LogP contribution in [0, 0.1) is 0 Å². The summed E-state index contributed by atoms with van der Waals surface area (Å²) in [5.41, 5.74) is 4.44. The first-order valence-electron chi connectivity index (χ1n) is 5.82. The summed E-state index contributed by atoms with van der Waals surface area (Å²) in [6.45, 7) is 0. The second-order valence-corrected chi connectivity index (χ2v) is 4.69. The number of carbonyl (C=O) groups is 1. The van der Waals surface area contributed by atoms with Crippen molar-refractivity contribution in [3.63, 3.8) is 0 Å². The molecule has 5 nitrogen and oxygen atoms in total. The Morgan fingerprint density at radius 3 is 2.48 bits per heavy atom. The maximum Gasteiger partial charge on any atom is 0.408 e. The minimum Gasteiger partial charge on any atom is -0.463 e. The van der Waals surface area contributed by atoms with Crippen molar-refractivity contribution in [2.24, 2.45) is 4.99 Å². The van der Waals surface area contributed by atoms with Crippen LogP contribution < -0.4 is 10.9 Å². The van der Waals surface area contributed by atoms with Gasteiger partial charge in [0.05, 0.1) is 7.11 Å². The van der Waals surface area contributed by atoms with Crippen LogP contribution in [0.3, 0.4) is 0 Å². The van der Waals surface area contributed by atoms with Crippen LogP contribution in [0.25, 0.3) is 0 Å². The highest BCUT2D eigenvalue weighted by Crippen LogP contribution is 2.34. The minimum absolute atomic E-state index is 0.275. The standard InChI is InChI=1S/C12H11ClF3N3O2/c1-21-11(20)10-17-8(6-2-4-7(13)5-3-6)9(18-19-10)12(14,15)16/h2-5,8-9,18H,1H3,(H,17,19)/t8-,9+/m1/s1. The molecule has 0 spiro atoms. The number of rotatable bonds is 2. The van der Waals surface area contributed by atoms with Crippen molar-refractivity contribution in [1.29, 1.82) is 0 Å². The number of amidine groups is 1. The number of nitrogens with zero attached hydrogens (tertiary/aromatic N) is 1. The Hall–Kier alpha value is -1.80. The number of halogens is 4. The molecule has 9 heteroatoms. The van der Waals surface area contributed by atoms with Gasteiger partial charge in [-0.1, -0.05) is 23.7 Å². The van der Waals surface area contributed by atoms with E-state index in [-0.39, 0.29) is 11.4 Å². The molecule has 114 valence electrons. The second-order valence-electron chi connectivity index (χ2n) is 4.25. The monoisotopic (exact) mass is 321 g/mol. The number of alkyl halides is 3. The van der Waals surface area contributed by atoms with Crippen LogP contribution in [-0.2, 0) is 9.53 Å². The van der Waals surface area contributed by atoms with Gasteiger partial charge < -0.3 is 4.74 Å². The first-order valence-corrected chi connectivity index (χ1v) is 6.20. The smallest absolute Gasteiger partial charge is 0.408 e. The van der Waals surface area contributed by atoms with Gasteiger partial charge in [-0.2, -0.15) is 13.2 Å². The van der Waals surface area contributed by atoms with Crippen molar-refractivity contribution in [3.8, 4) is 0 Å². The third-order valence-electron chi connectivity index (χ3n) is 2.87. The number of esters is 1. The third kappa shape index (κ3) is 3.45. The molecule has 0 saturated carbocycles. The molecule has 0 fully saturated rings. The zero-order chi connectivity index (χ0) is 15.6. The van der Waals surface area contributed by atoms with E-state index < -0.39 is 24.2 Å². The number of nitrogens with one attached hydrogen (secondary N) is 2. The van der Waals surface area contributed by atoms with Gasteiger partial charge in [-0.25, -0.2) is 10.2 Å². The summed E-state index contributed by atoms with van der Waals surface area (Å²) in [5, 5.41) is 0.390. The minimum atomic E-state index is -4.55. The molecule has 2 atom stereocenters. The molecular weight excluding hydrogens is 311 g/mol. The lowest BCUT2D eigenvalue weighted by Gasteiger charge is -2.32. The number of carbonyl (C=O) groups excluding carboxylic acids is 1. The average molecular weight is 322 g/mol. The number of ether oxygens (including phenoxy) is 1. The molecule has 0 unspecified atom stereocenters. The molecule has 2 N–H and O–H groups in total. The van der Waals surface area contributed by atoms with E-state index >= 15 is 0 Å². The van der Waals surface area contributed by atoms with Gasteiger partial charge in [-0.05, 0) is 17.7 Å². The van der Waals surface area contributed by atoms with E-state index in [2.05, 4.69) is 15.2 Å². The van der Waals surface area contributed by atoms with Gasteiger partial charge >= 0.3 is 12.1 Å². The first-order chi connectivity index (χ1) is 9.82. The van der Waals surface area contributed by atoms with E-state index in [1.54, 1.807) is 0 Å². The van der Waals surface area contributed by atoms with E-state index in [0.717, 1.165) is 7.11 Å². The lowest BCUT2D eigenvalue weighted by atomic mass is 9.99. The van der Waals surface area contributed by atoms with Gasteiger partial charge in [0, 0.05) is 5.02 Å². The normalized spacial score (nSPS) is 22.2. The SMILES string of the molecule is COC(=O)C1=N[C@H](c2ccc(Cl)cc2)[C@@H](C(F)(F)F)NN1. The van der Waals surface area contributed by atoms with Gasteiger partial charge in [0.1, 0.15) is 12.1 Å². The number of aliphatic imine (C=N–C) groups is 1. The van der Waals surface area contributed by atoms with Gasteiger partial charge in [0.2, 0.25) is 5.84 Å². The fraction of sp³-hybridized carbons (Fsp3) is 0.333. The summed E-state index contributed by atoms with van der Waals surface area (Å²) in [6.07, 6.45) is -4.55. The molecule has 1 aliphatic rings. The molecule has 0 amide bonds. The van der Waals surface area contributed by atoms with Crippen LogP contribution in [0.1, 0.15) is 11.6 Å². The summed E-state index contributed by atoms with van der Waals surface area (Å²) in [6, 6.07) is 2.47. The van der Waals surface area contributed by atoms with Crippen LogP contribution in [0.2, 0.25) is 5.02 Å². The molecule has 0 aliphatic carbocycles. The van der Waals surface area contributed by atoms with Crippen LogP contribution >= 0.6 is 11.6 Å². The molecule has 0 radical (unpaired) electrons. The predicted molar refractivity (Wildman–Crippen MR) is 69.8 cm³/mol. The van der Waals surface area contributed by atoms with Crippen LogP contribution in [0.5, 0.6) is 0 Å². The van der Waals surface area contributed by atoms with Crippen molar-refractivity contribution >= 4 is 23.4 Å². The topological polar surface area (TPSA) is 62.7 Å². The van der Waals surface area contributed by atoms with Gasteiger partial charge in [0.25, 0.3) is 0 Å². The van der Waals surface area contributed by atoms with E-state index in [0.29, 0.717) is 5.02 Å². The summed E-state index contributed by atoms with van der Waals surface area (Å²) in [5.74, 6) is -1.18. The van der Waals surface area contributed by atoms with Gasteiger partial charge in [0.15, 0.2) is 0 Å². The Kier molecular flexibility index (Phi) is 4.38. The van der Waals surface area contributed by atoms with Crippen LogP contribution in [0.15, 0.2) is 29.3 Å². The number of benzene rings is 1. The molecule has 2 rings (SSSR count). The van der Waals surface area contributed by atoms with E-state index in [1.165, 1.54) is 24.3 Å². The highest BCUT2D eigenvalue weighted by Gasteiger charge is 2.48. The number of hydrogen-bond donors (Lipinski definition) is 2. The Bertz CT molecular complexity index is 560. The summed E-state index contributed by atoms with van der Waals surface area (Å²) in [4.78, 5) is 15.2. The van der Waals surface area contributed by atoms with E-state index in [9.17, 15) is 18.0 Å². The average Bonchev–Trinajstić information content (AvgIpc) is 2.45. The maximum atomic E-state index is 13.1. The van der Waals surface area contributed by atoms with Crippen molar-refractivity contribution in [2.45, 2.75) is 18.3 Å². The third-order valence-corrected chi connectivity index (χ3v) is 3.12. The zero-order valence-corrected chi connectivity index (χ0v) is 11.5. The maximum absolute atomic E-state index is 13.1. The van der Waals surface area contributed by atoms with Gasteiger partial charge in [-0.15, -0.1) is 0 Å². The molecule has 0 bridgehead atoms. The first kappa shape index (κ1) is 15.6. The van der Waals surface area contributed by atoms with Crippen LogP contribution in [0.4, 0.5) is 13.2 Å². The molecule has 1 aromatic carbocycles. The molecular formula is C12H11ClF3N3O2. The predicted octanol–water partition coefficient (Wildman–Crippen LogP) is 1.99. The summed E-state index contributed by atoms with van der Waals surface area (Å²) in [7, 11) is 1.11. The number of hydrogen-bond acceptors (Lipinski definition) is 5. The van der Waals surface area contributed by atoms with Crippen molar-refractivity contribution in [1.82, 2.24) is 10.9 Å². The lowest BCUT2D eigenvalue weighted by Crippen LogP contribution is -2.59. The van der Waals surface area contributed by atoms with Crippen molar-refractivity contribution < 1.29 is 22.7 Å². The molecule has 21 heavy (non-hydrogen) atoms. The molecule has 0 aromatic heterocycles. The van der Waals surface area contributed by atoms with Gasteiger partial charge in [-0.3, -0.25) is 10.4 Å². The second kappa shape index (κ2) is 5.90. The fourth-order valence-corrected chi connectivity index (χ4v) is 1.99. The number of hydrazine groups is 1. The van der Waals surface area contributed by atoms with Crippen LogP contribution in [-0.4, -0.2) is 31.1 Å². The molecule has 1 heterocycles. The summed E-state index contributed by atoms with van der Waals surface area (Å²) < 4.78 is 43.6. The highest BCUT2D eigenvalue weighted by atomic mass is 35.5. The lowest BCUT2D eigenvalue weighted by molar-refractivity contribution is -0.164. The molecule has 0 saturated heterocycles. The Labute approximate surface area is 123 Å². The van der Waals surface area contributed by atoms with E-state index in [4.69, 9.17) is 11.6 Å². The Morgan fingerprint density at radius 1 is 1.33 bits per heavy atom. The van der Waals surface area contributed by atoms with E-state index in [1.807, 2.05) is 5.43 Å². The Morgan fingerprint density at radius 2 is 1.95 bits per heavy atom.